The van der Waals surface area contributed by atoms with Crippen molar-refractivity contribution in [3.05, 3.63) is 60.2 Å². The number of phenols is 1. The van der Waals surface area contributed by atoms with Gasteiger partial charge in [0.05, 0.1) is 0 Å². The van der Waals surface area contributed by atoms with Gasteiger partial charge in [-0.2, -0.15) is 0 Å². The second-order valence-electron chi connectivity index (χ2n) is 3.49. The van der Waals surface area contributed by atoms with Crippen molar-refractivity contribution < 1.29 is 5.11 Å². The normalized spacial score (nSPS) is 19.8. The van der Waals surface area contributed by atoms with Crippen molar-refractivity contribution in [2.24, 2.45) is 5.73 Å². The molecular weight excluding hydrogens is 186 g/mol. The number of rotatable bonds is 1. The highest BCUT2D eigenvalue weighted by atomic mass is 16.3. The SMILES string of the molecule is NC1C=CC=C(c2ccc(O)cc2)C=C1. The van der Waals surface area contributed by atoms with Gasteiger partial charge in [-0.15, -0.1) is 0 Å². The first-order valence-corrected chi connectivity index (χ1v) is 4.87. The van der Waals surface area contributed by atoms with E-state index in [-0.39, 0.29) is 11.8 Å². The lowest BCUT2D eigenvalue weighted by Crippen LogP contribution is -2.11. The van der Waals surface area contributed by atoms with Crippen LogP contribution in [0.4, 0.5) is 0 Å². The standard InChI is InChI=1S/C13H13NO/c14-12-3-1-2-10(4-7-12)11-5-8-13(15)9-6-11/h1-9,12,15H,14H2. The van der Waals surface area contributed by atoms with Gasteiger partial charge in [0.2, 0.25) is 0 Å². The zero-order valence-corrected chi connectivity index (χ0v) is 8.30. The molecule has 1 atom stereocenters. The Bertz CT molecular complexity index is 426. The lowest BCUT2D eigenvalue weighted by Gasteiger charge is -2.01. The summed E-state index contributed by atoms with van der Waals surface area (Å²) in [6, 6.07) is 7.11. The quantitative estimate of drug-likeness (QED) is 0.728. The fraction of sp³-hybridized carbons (Fsp3) is 0.0769. The molecule has 0 spiro atoms. The minimum atomic E-state index is -0.0177. The predicted molar refractivity (Wildman–Crippen MR) is 62.3 cm³/mol. The monoisotopic (exact) mass is 199 g/mol. The Morgan fingerprint density at radius 1 is 1.07 bits per heavy atom. The summed E-state index contributed by atoms with van der Waals surface area (Å²) in [6.07, 6.45) is 9.84. The summed E-state index contributed by atoms with van der Waals surface area (Å²) in [6.45, 7) is 0. The van der Waals surface area contributed by atoms with E-state index in [1.54, 1.807) is 12.1 Å². The number of allylic oxidation sites excluding steroid dienone is 4. The Hall–Kier alpha value is -1.80. The number of aromatic hydroxyl groups is 1. The summed E-state index contributed by atoms with van der Waals surface area (Å²) in [5.41, 5.74) is 7.92. The van der Waals surface area contributed by atoms with Gasteiger partial charge in [-0.05, 0) is 23.3 Å². The Morgan fingerprint density at radius 2 is 1.80 bits per heavy atom. The van der Waals surface area contributed by atoms with Crippen molar-refractivity contribution in [3.63, 3.8) is 0 Å². The van der Waals surface area contributed by atoms with E-state index < -0.39 is 0 Å². The van der Waals surface area contributed by atoms with Gasteiger partial charge in [0.25, 0.3) is 0 Å². The molecule has 2 rings (SSSR count). The molecule has 76 valence electrons. The topological polar surface area (TPSA) is 46.2 Å². The molecule has 0 heterocycles. The van der Waals surface area contributed by atoms with Crippen molar-refractivity contribution >= 4 is 5.57 Å². The van der Waals surface area contributed by atoms with E-state index in [2.05, 4.69) is 0 Å². The maximum atomic E-state index is 9.18. The zero-order valence-electron chi connectivity index (χ0n) is 8.30. The highest BCUT2D eigenvalue weighted by Gasteiger charge is 2.00. The van der Waals surface area contributed by atoms with Crippen molar-refractivity contribution in [2.45, 2.75) is 6.04 Å². The van der Waals surface area contributed by atoms with E-state index in [0.29, 0.717) is 0 Å². The number of hydrogen-bond acceptors (Lipinski definition) is 2. The van der Waals surface area contributed by atoms with Crippen LogP contribution in [0.5, 0.6) is 5.75 Å². The van der Waals surface area contributed by atoms with Crippen LogP contribution in [0.2, 0.25) is 0 Å². The Kier molecular flexibility index (Phi) is 2.70. The Balaban J connectivity index is 2.32. The molecule has 3 N–H and O–H groups in total. The smallest absolute Gasteiger partial charge is 0.115 e. The molecule has 1 aliphatic carbocycles. The molecule has 1 aromatic rings. The van der Waals surface area contributed by atoms with E-state index in [4.69, 9.17) is 5.73 Å². The second-order valence-corrected chi connectivity index (χ2v) is 3.49. The fourth-order valence-electron chi connectivity index (χ4n) is 1.47. The number of phenolic OH excluding ortho intramolecular Hbond substituents is 1. The molecule has 0 saturated heterocycles. The van der Waals surface area contributed by atoms with Crippen LogP contribution in [0.25, 0.3) is 5.57 Å². The summed E-state index contributed by atoms with van der Waals surface area (Å²) in [5.74, 6) is 0.282. The summed E-state index contributed by atoms with van der Waals surface area (Å²) in [5, 5.41) is 9.18. The number of nitrogens with two attached hydrogens (primary N) is 1. The van der Waals surface area contributed by atoms with Crippen LogP contribution in [0, 0.1) is 0 Å². The van der Waals surface area contributed by atoms with Gasteiger partial charge in [-0.3, -0.25) is 0 Å². The fourth-order valence-corrected chi connectivity index (χ4v) is 1.47. The van der Waals surface area contributed by atoms with Gasteiger partial charge in [-0.25, -0.2) is 0 Å². The maximum Gasteiger partial charge on any atom is 0.115 e. The molecule has 0 bridgehead atoms. The molecule has 1 unspecified atom stereocenters. The van der Waals surface area contributed by atoms with Crippen LogP contribution in [-0.4, -0.2) is 11.1 Å². The third-order valence-electron chi connectivity index (χ3n) is 2.31. The largest absolute Gasteiger partial charge is 0.508 e. The molecule has 2 nitrogen and oxygen atoms in total. The molecular formula is C13H13NO. The highest BCUT2D eigenvalue weighted by molar-refractivity contribution is 5.76. The summed E-state index contributed by atoms with van der Waals surface area (Å²) >= 11 is 0. The van der Waals surface area contributed by atoms with E-state index in [9.17, 15) is 5.11 Å². The number of hydrogen-bond donors (Lipinski definition) is 2. The van der Waals surface area contributed by atoms with Crippen LogP contribution >= 0.6 is 0 Å². The maximum absolute atomic E-state index is 9.18. The lowest BCUT2D eigenvalue weighted by atomic mass is 10.1. The van der Waals surface area contributed by atoms with E-state index in [0.717, 1.165) is 11.1 Å². The highest BCUT2D eigenvalue weighted by Crippen LogP contribution is 2.20. The molecule has 0 fully saturated rings. The van der Waals surface area contributed by atoms with Gasteiger partial charge < -0.3 is 10.8 Å². The molecule has 2 heteroatoms. The second kappa shape index (κ2) is 4.15. The lowest BCUT2D eigenvalue weighted by molar-refractivity contribution is 0.475. The molecule has 0 aromatic heterocycles. The van der Waals surface area contributed by atoms with E-state index in [1.807, 2.05) is 42.5 Å². The minimum absolute atomic E-state index is 0.0177. The number of benzene rings is 1. The minimum Gasteiger partial charge on any atom is -0.508 e. The Labute approximate surface area is 89.0 Å². The summed E-state index contributed by atoms with van der Waals surface area (Å²) < 4.78 is 0. The van der Waals surface area contributed by atoms with Crippen molar-refractivity contribution in [1.82, 2.24) is 0 Å². The third-order valence-corrected chi connectivity index (χ3v) is 2.31. The van der Waals surface area contributed by atoms with Crippen LogP contribution in [0.15, 0.2) is 54.6 Å². The average molecular weight is 199 g/mol. The predicted octanol–water partition coefficient (Wildman–Crippen LogP) is 2.23. The van der Waals surface area contributed by atoms with Crippen LogP contribution < -0.4 is 5.73 Å². The average Bonchev–Trinajstić information content (AvgIpc) is 2.44. The van der Waals surface area contributed by atoms with Gasteiger partial charge in [0, 0.05) is 6.04 Å². The Morgan fingerprint density at radius 3 is 2.53 bits per heavy atom. The van der Waals surface area contributed by atoms with Gasteiger partial charge in [0.1, 0.15) is 5.75 Å². The molecule has 0 aliphatic heterocycles. The molecule has 1 aliphatic rings. The summed E-state index contributed by atoms with van der Waals surface area (Å²) in [4.78, 5) is 0. The molecule has 15 heavy (non-hydrogen) atoms. The molecule has 0 amide bonds. The summed E-state index contributed by atoms with van der Waals surface area (Å²) in [7, 11) is 0. The van der Waals surface area contributed by atoms with Gasteiger partial charge in [-0.1, -0.05) is 42.5 Å². The third kappa shape index (κ3) is 2.36. The van der Waals surface area contributed by atoms with Crippen molar-refractivity contribution in [2.75, 3.05) is 0 Å². The molecule has 0 radical (unpaired) electrons. The molecule has 1 aromatic carbocycles. The molecule has 0 saturated carbocycles. The van der Waals surface area contributed by atoms with Gasteiger partial charge >= 0.3 is 0 Å². The van der Waals surface area contributed by atoms with E-state index in [1.165, 1.54) is 0 Å². The van der Waals surface area contributed by atoms with Crippen LogP contribution in [-0.2, 0) is 0 Å². The van der Waals surface area contributed by atoms with Crippen LogP contribution in [0.1, 0.15) is 5.56 Å². The van der Waals surface area contributed by atoms with Crippen LogP contribution in [0.3, 0.4) is 0 Å². The first-order valence-electron chi connectivity index (χ1n) is 4.87. The van der Waals surface area contributed by atoms with Crippen molar-refractivity contribution in [1.29, 1.82) is 0 Å². The van der Waals surface area contributed by atoms with Crippen molar-refractivity contribution in [3.8, 4) is 5.75 Å². The first kappa shape index (κ1) is 9.74. The van der Waals surface area contributed by atoms with Gasteiger partial charge in [0.15, 0.2) is 0 Å². The first-order chi connectivity index (χ1) is 7.25. The van der Waals surface area contributed by atoms with E-state index >= 15 is 0 Å². The zero-order chi connectivity index (χ0) is 10.7.